The van der Waals surface area contributed by atoms with Crippen molar-refractivity contribution in [2.24, 2.45) is 5.92 Å². The highest BCUT2D eigenvalue weighted by Crippen LogP contribution is 2.35. The number of sulfone groups is 1. The summed E-state index contributed by atoms with van der Waals surface area (Å²) in [5, 5.41) is 2.99. The summed E-state index contributed by atoms with van der Waals surface area (Å²) in [4.78, 5) is 2.73. The Morgan fingerprint density at radius 1 is 0.879 bits per heavy atom. The molecule has 1 saturated carbocycles. The highest BCUT2D eigenvalue weighted by molar-refractivity contribution is 7.92. The molecule has 1 aliphatic carbocycles. The molecule has 1 N–H and O–H groups in total. The molecule has 2 unspecified atom stereocenters. The number of hydrogen-bond donors (Lipinski definition) is 1. The number of fused-ring (bicyclic) bond motifs is 1. The Morgan fingerprint density at radius 2 is 1.61 bits per heavy atom. The maximum absolute atomic E-state index is 14.1. The van der Waals surface area contributed by atoms with Gasteiger partial charge in [0, 0.05) is 25.6 Å². The van der Waals surface area contributed by atoms with E-state index in [-0.39, 0.29) is 18.3 Å². The first-order valence-electron chi connectivity index (χ1n) is 12.5. The maximum Gasteiger partial charge on any atom is 0.194 e. The predicted molar refractivity (Wildman–Crippen MR) is 137 cm³/mol. The molecule has 180 valence electrons. The Bertz CT molecular complexity index is 1010. The first kappa shape index (κ1) is 24.7. The number of benzene rings is 2. The maximum atomic E-state index is 14.1. The zero-order valence-corrected chi connectivity index (χ0v) is 21.0. The van der Waals surface area contributed by atoms with Crippen LogP contribution in [0.25, 0.3) is 0 Å². The first-order valence-corrected chi connectivity index (χ1v) is 14.0. The van der Waals surface area contributed by atoms with Crippen molar-refractivity contribution in [3.05, 3.63) is 65.2 Å². The number of rotatable bonds is 5. The van der Waals surface area contributed by atoms with E-state index in [4.69, 9.17) is 0 Å². The van der Waals surface area contributed by atoms with E-state index in [9.17, 15) is 8.42 Å². The molecule has 2 aromatic rings. The average Bonchev–Trinajstić information content (AvgIpc) is 2.85. The number of halogens is 1. The molecular weight excluding hydrogens is 452 g/mol. The molecule has 2 fully saturated rings. The fraction of sp³-hybridized carbons (Fsp3) is 0.556. The van der Waals surface area contributed by atoms with Gasteiger partial charge in [-0.1, -0.05) is 55.7 Å². The molecule has 33 heavy (non-hydrogen) atoms. The SMILES string of the molecule is Cl.O=S(=O)(c1ccc(C2CCCCC2)cc1)C(C1CCCNC1)N1CCc2ccccc2C1. The van der Waals surface area contributed by atoms with Gasteiger partial charge >= 0.3 is 0 Å². The highest BCUT2D eigenvalue weighted by Gasteiger charge is 2.40. The van der Waals surface area contributed by atoms with Crippen molar-refractivity contribution in [2.75, 3.05) is 19.6 Å². The fourth-order valence-electron chi connectivity index (χ4n) is 6.11. The molecule has 0 aromatic heterocycles. The van der Waals surface area contributed by atoms with E-state index in [1.807, 2.05) is 12.1 Å². The van der Waals surface area contributed by atoms with E-state index < -0.39 is 15.2 Å². The summed E-state index contributed by atoms with van der Waals surface area (Å²) in [5.41, 5.74) is 3.94. The van der Waals surface area contributed by atoms with Crippen molar-refractivity contribution >= 4 is 22.2 Å². The van der Waals surface area contributed by atoms with Crippen LogP contribution in [0.1, 0.15) is 67.6 Å². The third kappa shape index (κ3) is 5.32. The van der Waals surface area contributed by atoms with Crippen molar-refractivity contribution in [3.8, 4) is 0 Å². The van der Waals surface area contributed by atoms with Gasteiger partial charge in [0.2, 0.25) is 0 Å². The van der Waals surface area contributed by atoms with E-state index in [1.54, 1.807) is 0 Å². The third-order valence-corrected chi connectivity index (χ3v) is 10.1. The Morgan fingerprint density at radius 3 is 2.30 bits per heavy atom. The topological polar surface area (TPSA) is 49.4 Å². The quantitative estimate of drug-likeness (QED) is 0.619. The highest BCUT2D eigenvalue weighted by atomic mass is 35.5. The summed E-state index contributed by atoms with van der Waals surface area (Å²) in [6.07, 6.45) is 9.31. The first-order chi connectivity index (χ1) is 15.6. The number of hydrogen-bond acceptors (Lipinski definition) is 4. The van der Waals surface area contributed by atoms with Crippen LogP contribution in [0.4, 0.5) is 0 Å². The lowest BCUT2D eigenvalue weighted by molar-refractivity contribution is 0.162. The van der Waals surface area contributed by atoms with E-state index in [2.05, 4.69) is 46.6 Å². The van der Waals surface area contributed by atoms with E-state index in [1.165, 1.54) is 48.8 Å². The van der Waals surface area contributed by atoms with Gasteiger partial charge in [-0.3, -0.25) is 4.90 Å². The standard InChI is InChI=1S/C27H36N2O2S.ClH/c30-32(31,26-14-12-23(13-15-26)21-7-2-1-3-8-21)27(24-11-6-17-28-19-24)29-18-16-22-9-4-5-10-25(22)20-29;/h4-5,9-10,12-15,21,24,27-28H,1-3,6-8,11,16-20H2;1H. The van der Waals surface area contributed by atoms with E-state index in [0.717, 1.165) is 45.4 Å². The summed E-state index contributed by atoms with van der Waals surface area (Å²) < 4.78 is 28.1. The van der Waals surface area contributed by atoms with Gasteiger partial charge in [-0.2, -0.15) is 0 Å². The normalized spacial score (nSPS) is 23.3. The van der Waals surface area contributed by atoms with Crippen LogP contribution in [0, 0.1) is 5.92 Å². The van der Waals surface area contributed by atoms with E-state index in [0.29, 0.717) is 10.8 Å². The van der Waals surface area contributed by atoms with Gasteiger partial charge in [0.05, 0.1) is 4.90 Å². The molecule has 2 atom stereocenters. The van der Waals surface area contributed by atoms with Crippen LogP contribution < -0.4 is 5.32 Å². The molecule has 0 bridgehead atoms. The largest absolute Gasteiger partial charge is 0.316 e. The van der Waals surface area contributed by atoms with Crippen LogP contribution in [0.2, 0.25) is 0 Å². The van der Waals surface area contributed by atoms with Crippen molar-refractivity contribution in [1.82, 2.24) is 10.2 Å². The van der Waals surface area contributed by atoms with Gasteiger partial charge < -0.3 is 5.32 Å². The average molecular weight is 489 g/mol. The molecule has 6 heteroatoms. The summed E-state index contributed by atoms with van der Waals surface area (Å²) in [5.74, 6) is 0.717. The van der Waals surface area contributed by atoms with Gasteiger partial charge in [-0.15, -0.1) is 12.4 Å². The van der Waals surface area contributed by atoms with Crippen LogP contribution in [0.3, 0.4) is 0 Å². The Kier molecular flexibility index (Phi) is 8.16. The lowest BCUT2D eigenvalue weighted by Gasteiger charge is -2.40. The Hall–Kier alpha value is -1.40. The lowest BCUT2D eigenvalue weighted by Crippen LogP contribution is -2.52. The molecule has 4 nitrogen and oxygen atoms in total. The minimum Gasteiger partial charge on any atom is -0.316 e. The zero-order chi connectivity index (χ0) is 22.0. The fourth-order valence-corrected chi connectivity index (χ4v) is 8.22. The van der Waals surface area contributed by atoms with Gasteiger partial charge in [-0.25, -0.2) is 8.42 Å². The summed E-state index contributed by atoms with van der Waals surface area (Å²) in [7, 11) is -3.46. The van der Waals surface area contributed by atoms with Gasteiger partial charge in [-0.05, 0) is 73.4 Å². The van der Waals surface area contributed by atoms with Crippen LogP contribution in [-0.2, 0) is 22.8 Å². The second-order valence-corrected chi connectivity index (χ2v) is 12.0. The van der Waals surface area contributed by atoms with Crippen LogP contribution in [-0.4, -0.2) is 38.3 Å². The summed E-state index contributed by atoms with van der Waals surface area (Å²) >= 11 is 0. The monoisotopic (exact) mass is 488 g/mol. The van der Waals surface area contributed by atoms with Crippen LogP contribution in [0.5, 0.6) is 0 Å². The summed E-state index contributed by atoms with van der Waals surface area (Å²) in [6.45, 7) is 3.29. The van der Waals surface area contributed by atoms with Crippen LogP contribution in [0.15, 0.2) is 53.4 Å². The van der Waals surface area contributed by atoms with Gasteiger partial charge in [0.15, 0.2) is 9.84 Å². The van der Waals surface area contributed by atoms with Crippen LogP contribution >= 0.6 is 12.4 Å². The lowest BCUT2D eigenvalue weighted by atomic mass is 9.84. The smallest absolute Gasteiger partial charge is 0.194 e. The van der Waals surface area contributed by atoms with E-state index >= 15 is 0 Å². The number of nitrogens with zero attached hydrogens (tertiary/aromatic N) is 1. The summed E-state index contributed by atoms with van der Waals surface area (Å²) in [6, 6.07) is 16.4. The second-order valence-electron chi connectivity index (χ2n) is 9.94. The molecule has 2 aliphatic heterocycles. The minimum atomic E-state index is -3.46. The molecule has 0 amide bonds. The molecule has 2 heterocycles. The zero-order valence-electron chi connectivity index (χ0n) is 19.4. The second kappa shape index (κ2) is 10.9. The van der Waals surface area contributed by atoms with Gasteiger partial charge in [0.1, 0.15) is 5.37 Å². The molecule has 3 aliphatic rings. The molecule has 2 aromatic carbocycles. The van der Waals surface area contributed by atoms with Crippen molar-refractivity contribution in [3.63, 3.8) is 0 Å². The Labute approximate surface area is 205 Å². The van der Waals surface area contributed by atoms with Crippen molar-refractivity contribution in [1.29, 1.82) is 0 Å². The van der Waals surface area contributed by atoms with Crippen molar-refractivity contribution < 1.29 is 8.42 Å². The molecule has 0 spiro atoms. The van der Waals surface area contributed by atoms with Crippen molar-refractivity contribution in [2.45, 2.75) is 74.1 Å². The molecule has 1 saturated heterocycles. The number of nitrogens with one attached hydrogen (secondary N) is 1. The minimum absolute atomic E-state index is 0. The molecular formula is C27H37ClN2O2S. The molecule has 5 rings (SSSR count). The number of piperidine rings is 1. The third-order valence-electron chi connectivity index (χ3n) is 7.86. The van der Waals surface area contributed by atoms with Gasteiger partial charge in [0.25, 0.3) is 0 Å². The predicted octanol–water partition coefficient (Wildman–Crippen LogP) is 5.31. The Balaban J connectivity index is 0.00000259. The molecule has 0 radical (unpaired) electrons.